The van der Waals surface area contributed by atoms with Crippen LogP contribution in [0.3, 0.4) is 0 Å². The summed E-state index contributed by atoms with van der Waals surface area (Å²) in [5.74, 6) is 1.05. The molecule has 2 atom stereocenters. The van der Waals surface area contributed by atoms with Crippen molar-refractivity contribution >= 4 is 10.0 Å². The molecule has 0 aromatic carbocycles. The Hall–Kier alpha value is -0.130. The minimum absolute atomic E-state index is 0.370. The van der Waals surface area contributed by atoms with Gasteiger partial charge >= 0.3 is 0 Å². The molecule has 0 amide bonds. The molecule has 3 fully saturated rings. The van der Waals surface area contributed by atoms with Crippen LogP contribution in [-0.4, -0.2) is 43.6 Å². The summed E-state index contributed by atoms with van der Waals surface area (Å²) in [5, 5.41) is 3.54. The molecule has 2 saturated heterocycles. The number of hydrogen-bond donors (Lipinski definition) is 1. The van der Waals surface area contributed by atoms with E-state index < -0.39 is 10.0 Å². The molecule has 0 radical (unpaired) electrons. The Morgan fingerprint density at radius 1 is 1.06 bits per heavy atom. The van der Waals surface area contributed by atoms with Crippen LogP contribution in [-0.2, 0) is 10.0 Å². The lowest BCUT2D eigenvalue weighted by molar-refractivity contribution is 0.304. The Morgan fingerprint density at radius 3 is 2.56 bits per heavy atom. The molecule has 2 unspecified atom stereocenters. The molecular formula is C13H24N2O2S. The zero-order chi connectivity index (χ0) is 12.6. The standard InChI is InChI=1S/C13H24N2O2S/c16-18(17,9-7-11-2-1-3-11)15-8-6-12-4-5-13(10-15)14-12/h11-14H,1-10H2. The maximum absolute atomic E-state index is 12.4. The van der Waals surface area contributed by atoms with Gasteiger partial charge in [-0.05, 0) is 31.6 Å². The van der Waals surface area contributed by atoms with Crippen molar-refractivity contribution in [3.05, 3.63) is 0 Å². The van der Waals surface area contributed by atoms with Crippen molar-refractivity contribution in [2.75, 3.05) is 18.8 Å². The Bertz CT molecular complexity index is 392. The average Bonchev–Trinajstić information content (AvgIpc) is 2.55. The van der Waals surface area contributed by atoms with Crippen LogP contribution >= 0.6 is 0 Å². The van der Waals surface area contributed by atoms with Crippen LogP contribution < -0.4 is 5.32 Å². The van der Waals surface area contributed by atoms with E-state index in [1.807, 2.05) is 0 Å². The Balaban J connectivity index is 1.57. The predicted octanol–water partition coefficient (Wildman–Crippen LogP) is 1.33. The summed E-state index contributed by atoms with van der Waals surface area (Å²) in [4.78, 5) is 0. The lowest BCUT2D eigenvalue weighted by Crippen LogP contribution is -2.40. The Labute approximate surface area is 110 Å². The van der Waals surface area contributed by atoms with Crippen molar-refractivity contribution in [1.29, 1.82) is 0 Å². The first-order valence-corrected chi connectivity index (χ1v) is 8.98. The molecule has 3 aliphatic rings. The molecule has 1 N–H and O–H groups in total. The van der Waals surface area contributed by atoms with E-state index in [9.17, 15) is 8.42 Å². The minimum atomic E-state index is -3.01. The normalized spacial score (nSPS) is 34.2. The molecule has 1 aliphatic carbocycles. The first-order valence-electron chi connectivity index (χ1n) is 7.37. The van der Waals surface area contributed by atoms with Crippen LogP contribution in [0, 0.1) is 5.92 Å². The molecule has 2 heterocycles. The molecule has 5 heteroatoms. The lowest BCUT2D eigenvalue weighted by Gasteiger charge is -2.28. The third kappa shape index (κ3) is 2.73. The topological polar surface area (TPSA) is 49.4 Å². The van der Waals surface area contributed by atoms with Gasteiger partial charge < -0.3 is 5.32 Å². The fourth-order valence-electron chi connectivity index (χ4n) is 3.39. The second kappa shape index (κ2) is 5.10. The zero-order valence-electron chi connectivity index (χ0n) is 11.0. The summed E-state index contributed by atoms with van der Waals surface area (Å²) < 4.78 is 26.5. The van der Waals surface area contributed by atoms with Gasteiger partial charge in [0, 0.05) is 25.2 Å². The van der Waals surface area contributed by atoms with Crippen molar-refractivity contribution < 1.29 is 8.42 Å². The summed E-state index contributed by atoms with van der Waals surface area (Å²) in [7, 11) is -3.01. The number of hydrogen-bond acceptors (Lipinski definition) is 3. The third-order valence-electron chi connectivity index (χ3n) is 4.89. The van der Waals surface area contributed by atoms with Gasteiger partial charge in [0.2, 0.25) is 10.0 Å². The predicted molar refractivity (Wildman–Crippen MR) is 71.9 cm³/mol. The van der Waals surface area contributed by atoms with E-state index in [0.29, 0.717) is 30.3 Å². The minimum Gasteiger partial charge on any atom is -0.310 e. The summed E-state index contributed by atoms with van der Waals surface area (Å²) >= 11 is 0. The van der Waals surface area contributed by atoms with Crippen molar-refractivity contribution in [2.45, 2.75) is 57.0 Å². The van der Waals surface area contributed by atoms with Gasteiger partial charge in [-0.2, -0.15) is 0 Å². The van der Waals surface area contributed by atoms with E-state index in [0.717, 1.165) is 25.8 Å². The summed E-state index contributed by atoms with van der Waals surface area (Å²) in [6.07, 6.45) is 7.99. The van der Waals surface area contributed by atoms with Crippen LogP contribution in [0.1, 0.15) is 44.9 Å². The van der Waals surface area contributed by atoms with Crippen molar-refractivity contribution in [1.82, 2.24) is 9.62 Å². The van der Waals surface area contributed by atoms with Gasteiger partial charge in [-0.1, -0.05) is 19.3 Å². The van der Waals surface area contributed by atoms with Crippen LogP contribution in [0.25, 0.3) is 0 Å². The molecule has 104 valence electrons. The van der Waals surface area contributed by atoms with E-state index in [1.54, 1.807) is 4.31 Å². The summed E-state index contributed by atoms with van der Waals surface area (Å²) in [6.45, 7) is 1.42. The second-order valence-corrected chi connectivity index (χ2v) is 8.27. The number of nitrogens with zero attached hydrogens (tertiary/aromatic N) is 1. The fraction of sp³-hybridized carbons (Fsp3) is 1.00. The number of sulfonamides is 1. The SMILES string of the molecule is O=S(=O)(CCC1CCC1)N1CCC2CCC(C1)N2. The van der Waals surface area contributed by atoms with Crippen LogP contribution in [0.2, 0.25) is 0 Å². The lowest BCUT2D eigenvalue weighted by atomic mass is 9.84. The Morgan fingerprint density at radius 2 is 1.83 bits per heavy atom. The molecule has 3 rings (SSSR count). The number of nitrogens with one attached hydrogen (secondary N) is 1. The van der Waals surface area contributed by atoms with E-state index in [1.165, 1.54) is 25.7 Å². The summed E-state index contributed by atoms with van der Waals surface area (Å²) in [5.41, 5.74) is 0. The van der Waals surface area contributed by atoms with Crippen LogP contribution in [0.15, 0.2) is 0 Å². The average molecular weight is 272 g/mol. The monoisotopic (exact) mass is 272 g/mol. The smallest absolute Gasteiger partial charge is 0.214 e. The highest BCUT2D eigenvalue weighted by molar-refractivity contribution is 7.89. The molecule has 18 heavy (non-hydrogen) atoms. The van der Waals surface area contributed by atoms with E-state index in [-0.39, 0.29) is 0 Å². The number of fused-ring (bicyclic) bond motifs is 2. The molecule has 2 aliphatic heterocycles. The van der Waals surface area contributed by atoms with E-state index in [2.05, 4.69) is 5.32 Å². The van der Waals surface area contributed by atoms with Gasteiger partial charge in [0.05, 0.1) is 5.75 Å². The third-order valence-corrected chi connectivity index (χ3v) is 6.76. The highest BCUT2D eigenvalue weighted by Crippen LogP contribution is 2.30. The van der Waals surface area contributed by atoms with E-state index in [4.69, 9.17) is 0 Å². The highest BCUT2D eigenvalue weighted by Gasteiger charge is 2.34. The van der Waals surface area contributed by atoms with Crippen LogP contribution in [0.4, 0.5) is 0 Å². The van der Waals surface area contributed by atoms with Crippen molar-refractivity contribution in [3.63, 3.8) is 0 Å². The quantitative estimate of drug-likeness (QED) is 0.840. The van der Waals surface area contributed by atoms with Gasteiger partial charge in [-0.3, -0.25) is 0 Å². The van der Waals surface area contributed by atoms with Crippen LogP contribution in [0.5, 0.6) is 0 Å². The van der Waals surface area contributed by atoms with Gasteiger partial charge in [-0.25, -0.2) is 12.7 Å². The second-order valence-electron chi connectivity index (χ2n) is 6.19. The van der Waals surface area contributed by atoms with Gasteiger partial charge in [-0.15, -0.1) is 0 Å². The molecule has 1 saturated carbocycles. The van der Waals surface area contributed by atoms with E-state index >= 15 is 0 Å². The molecule has 4 nitrogen and oxygen atoms in total. The maximum atomic E-state index is 12.4. The zero-order valence-corrected chi connectivity index (χ0v) is 11.8. The summed E-state index contributed by atoms with van der Waals surface area (Å²) in [6, 6.07) is 0.956. The molecule has 0 aromatic heterocycles. The van der Waals surface area contributed by atoms with Gasteiger partial charge in [0.15, 0.2) is 0 Å². The number of rotatable bonds is 4. The first kappa shape index (κ1) is 12.9. The highest BCUT2D eigenvalue weighted by atomic mass is 32.2. The van der Waals surface area contributed by atoms with Crippen molar-refractivity contribution in [2.24, 2.45) is 5.92 Å². The molecular weight excluding hydrogens is 248 g/mol. The molecule has 0 aromatic rings. The molecule has 0 spiro atoms. The molecule has 2 bridgehead atoms. The largest absolute Gasteiger partial charge is 0.310 e. The maximum Gasteiger partial charge on any atom is 0.214 e. The first-order chi connectivity index (χ1) is 8.63. The van der Waals surface area contributed by atoms with Gasteiger partial charge in [0.25, 0.3) is 0 Å². The van der Waals surface area contributed by atoms with Crippen molar-refractivity contribution in [3.8, 4) is 0 Å². The van der Waals surface area contributed by atoms with Gasteiger partial charge in [0.1, 0.15) is 0 Å². The fourth-order valence-corrected chi connectivity index (χ4v) is 5.07. The Kier molecular flexibility index (Phi) is 3.65.